The lowest BCUT2D eigenvalue weighted by Gasteiger charge is -2.21. The number of aryl methyl sites for hydroxylation is 2. The van der Waals surface area contributed by atoms with E-state index >= 15 is 0 Å². The monoisotopic (exact) mass is 485 g/mol. The van der Waals surface area contributed by atoms with E-state index < -0.39 is 33.5 Å². The Bertz CT molecular complexity index is 1120. The summed E-state index contributed by atoms with van der Waals surface area (Å²) in [5.74, 6) is -2.91. The molecule has 2 amide bonds. The van der Waals surface area contributed by atoms with E-state index in [0.29, 0.717) is 31.7 Å². The molecule has 0 atom stereocenters. The zero-order valence-electron chi connectivity index (χ0n) is 18.2. The van der Waals surface area contributed by atoms with Crippen LogP contribution in [0.1, 0.15) is 17.9 Å². The first-order valence-electron chi connectivity index (χ1n) is 10.2. The molecule has 3 rings (SSSR count). The van der Waals surface area contributed by atoms with Crippen molar-refractivity contribution in [2.45, 2.75) is 25.2 Å². The molecule has 0 bridgehead atoms. The maximum atomic E-state index is 13.2. The van der Waals surface area contributed by atoms with Crippen LogP contribution in [0.2, 0.25) is 0 Å². The molecule has 0 unspecified atom stereocenters. The number of sulfonamides is 1. The average molecular weight is 486 g/mol. The van der Waals surface area contributed by atoms with Gasteiger partial charge in [-0.05, 0) is 38.9 Å². The van der Waals surface area contributed by atoms with Crippen LogP contribution >= 0.6 is 0 Å². The minimum absolute atomic E-state index is 0.0162. The van der Waals surface area contributed by atoms with Crippen LogP contribution < -0.4 is 10.6 Å². The van der Waals surface area contributed by atoms with Crippen molar-refractivity contribution < 1.29 is 31.3 Å². The Hall–Kier alpha value is -2.90. The van der Waals surface area contributed by atoms with E-state index in [1.54, 1.807) is 18.7 Å². The fraction of sp³-hybridized carbons (Fsp3) is 0.450. The van der Waals surface area contributed by atoms with Gasteiger partial charge in [-0.3, -0.25) is 14.5 Å². The number of hydrogen-bond donors (Lipinski definition) is 2. The lowest BCUT2D eigenvalue weighted by atomic mass is 10.3. The van der Waals surface area contributed by atoms with Gasteiger partial charge in [-0.2, -0.15) is 4.31 Å². The van der Waals surface area contributed by atoms with Crippen LogP contribution in [0, 0.1) is 25.5 Å². The highest BCUT2D eigenvalue weighted by atomic mass is 32.2. The summed E-state index contributed by atoms with van der Waals surface area (Å²) >= 11 is 0. The van der Waals surface area contributed by atoms with E-state index in [0.717, 1.165) is 12.1 Å². The predicted octanol–water partition coefficient (Wildman–Crippen LogP) is 1.02. The average Bonchev–Trinajstić information content (AvgIpc) is 2.94. The van der Waals surface area contributed by atoms with Gasteiger partial charge < -0.3 is 15.2 Å². The van der Waals surface area contributed by atoms with Crippen molar-refractivity contribution in [3.63, 3.8) is 0 Å². The standard InChI is InChI=1S/C20H25F2N5O5S/c1-13-20(14(2)32-25-13)33(30,31)27-7-3-6-26(8-9-27)12-19(29)23-11-18(28)24-15-4-5-16(21)17(22)10-15/h4-5,10H,3,6-9,11-12H2,1-2H3,(H,23,29)(H,24,28). The summed E-state index contributed by atoms with van der Waals surface area (Å²) in [5.41, 5.74) is 0.370. The zero-order valence-corrected chi connectivity index (χ0v) is 19.0. The first-order valence-corrected chi connectivity index (χ1v) is 11.7. The zero-order chi connectivity index (χ0) is 24.2. The topological polar surface area (TPSA) is 125 Å². The van der Waals surface area contributed by atoms with Crippen LogP contribution in [0.15, 0.2) is 27.6 Å². The molecule has 0 radical (unpaired) electrons. The number of hydrogen-bond acceptors (Lipinski definition) is 7. The van der Waals surface area contributed by atoms with E-state index in [4.69, 9.17) is 4.52 Å². The van der Waals surface area contributed by atoms with Crippen molar-refractivity contribution in [2.75, 3.05) is 44.6 Å². The predicted molar refractivity (Wildman–Crippen MR) is 114 cm³/mol. The number of nitrogens with one attached hydrogen (secondary N) is 2. The van der Waals surface area contributed by atoms with Gasteiger partial charge in [-0.1, -0.05) is 5.16 Å². The second-order valence-electron chi connectivity index (χ2n) is 7.64. The third kappa shape index (κ3) is 6.12. The summed E-state index contributed by atoms with van der Waals surface area (Å²) in [7, 11) is -3.77. The number of aromatic nitrogens is 1. The summed E-state index contributed by atoms with van der Waals surface area (Å²) < 4.78 is 58.4. The fourth-order valence-electron chi connectivity index (χ4n) is 3.53. The highest BCUT2D eigenvalue weighted by Crippen LogP contribution is 2.24. The second-order valence-corrected chi connectivity index (χ2v) is 9.52. The highest BCUT2D eigenvalue weighted by Gasteiger charge is 2.32. The van der Waals surface area contributed by atoms with Gasteiger partial charge in [-0.25, -0.2) is 17.2 Å². The number of carbonyl (C=O) groups excluding carboxylic acids is 2. The van der Waals surface area contributed by atoms with Crippen LogP contribution in [-0.2, 0) is 19.6 Å². The summed E-state index contributed by atoms with van der Waals surface area (Å²) in [4.78, 5) is 26.0. The van der Waals surface area contributed by atoms with Gasteiger partial charge in [-0.15, -0.1) is 0 Å². The second kappa shape index (κ2) is 10.4. The minimum atomic E-state index is -3.77. The SMILES string of the molecule is Cc1noc(C)c1S(=O)(=O)N1CCCN(CC(=O)NCC(=O)Nc2ccc(F)c(F)c2)CC1. The van der Waals surface area contributed by atoms with Crippen LogP contribution in [0.5, 0.6) is 0 Å². The number of carbonyl (C=O) groups is 2. The summed E-state index contributed by atoms with van der Waals surface area (Å²) in [5, 5.41) is 8.54. The van der Waals surface area contributed by atoms with E-state index in [9.17, 15) is 26.8 Å². The number of halogens is 2. The maximum absolute atomic E-state index is 13.2. The van der Waals surface area contributed by atoms with Crippen molar-refractivity contribution in [1.29, 1.82) is 0 Å². The van der Waals surface area contributed by atoms with Gasteiger partial charge in [0.2, 0.25) is 21.8 Å². The normalized spacial score (nSPS) is 15.8. The number of benzene rings is 1. The maximum Gasteiger partial charge on any atom is 0.248 e. The van der Waals surface area contributed by atoms with Crippen LogP contribution in [-0.4, -0.2) is 73.9 Å². The molecule has 1 aliphatic heterocycles. The first-order chi connectivity index (χ1) is 15.6. The largest absolute Gasteiger partial charge is 0.360 e. The van der Waals surface area contributed by atoms with Crippen molar-refractivity contribution in [2.24, 2.45) is 0 Å². The quantitative estimate of drug-likeness (QED) is 0.600. The molecule has 1 fully saturated rings. The van der Waals surface area contributed by atoms with Crippen molar-refractivity contribution in [1.82, 2.24) is 19.7 Å². The molecular weight excluding hydrogens is 460 g/mol. The van der Waals surface area contributed by atoms with Gasteiger partial charge in [0.05, 0.1) is 13.1 Å². The summed E-state index contributed by atoms with van der Waals surface area (Å²) in [6.07, 6.45) is 0.520. The highest BCUT2D eigenvalue weighted by molar-refractivity contribution is 7.89. The Morgan fingerprint density at radius 1 is 1.09 bits per heavy atom. The first kappa shape index (κ1) is 24.7. The molecule has 1 aliphatic rings. The Labute approximate surface area is 189 Å². The lowest BCUT2D eigenvalue weighted by Crippen LogP contribution is -2.42. The Kier molecular flexibility index (Phi) is 7.76. The molecule has 0 saturated carbocycles. The lowest BCUT2D eigenvalue weighted by molar-refractivity contribution is -0.125. The molecule has 0 aliphatic carbocycles. The Morgan fingerprint density at radius 3 is 2.52 bits per heavy atom. The van der Waals surface area contributed by atoms with Crippen LogP contribution in [0.25, 0.3) is 0 Å². The van der Waals surface area contributed by atoms with Gasteiger partial charge in [0, 0.05) is 31.4 Å². The molecule has 2 N–H and O–H groups in total. The van der Waals surface area contributed by atoms with Gasteiger partial charge in [0.15, 0.2) is 17.4 Å². The van der Waals surface area contributed by atoms with Gasteiger partial charge in [0.1, 0.15) is 10.6 Å². The molecule has 1 aromatic heterocycles. The Balaban J connectivity index is 1.48. The minimum Gasteiger partial charge on any atom is -0.360 e. The van der Waals surface area contributed by atoms with Crippen molar-refractivity contribution in [3.8, 4) is 0 Å². The van der Waals surface area contributed by atoms with Gasteiger partial charge in [0.25, 0.3) is 0 Å². The van der Waals surface area contributed by atoms with E-state index in [1.165, 1.54) is 10.4 Å². The van der Waals surface area contributed by atoms with Gasteiger partial charge >= 0.3 is 0 Å². The molecule has 10 nitrogen and oxygen atoms in total. The third-order valence-corrected chi connectivity index (χ3v) is 7.27. The van der Waals surface area contributed by atoms with Crippen LogP contribution in [0.4, 0.5) is 14.5 Å². The number of anilines is 1. The molecule has 2 heterocycles. The molecule has 33 heavy (non-hydrogen) atoms. The number of nitrogens with zero attached hydrogens (tertiary/aromatic N) is 3. The van der Waals surface area contributed by atoms with Crippen molar-refractivity contribution in [3.05, 3.63) is 41.3 Å². The van der Waals surface area contributed by atoms with Crippen molar-refractivity contribution >= 4 is 27.5 Å². The van der Waals surface area contributed by atoms with Crippen LogP contribution in [0.3, 0.4) is 0 Å². The Morgan fingerprint density at radius 2 is 1.85 bits per heavy atom. The fourth-order valence-corrected chi connectivity index (χ4v) is 5.30. The summed E-state index contributed by atoms with van der Waals surface area (Å²) in [6.45, 7) is 4.07. The molecule has 1 aromatic carbocycles. The smallest absolute Gasteiger partial charge is 0.248 e. The molecule has 0 spiro atoms. The molecule has 180 valence electrons. The van der Waals surface area contributed by atoms with E-state index in [1.807, 2.05) is 0 Å². The molecular formula is C20H25F2N5O5S. The van der Waals surface area contributed by atoms with E-state index in [-0.39, 0.29) is 36.0 Å². The third-order valence-electron chi connectivity index (χ3n) is 5.13. The molecule has 2 aromatic rings. The number of rotatable bonds is 7. The molecule has 13 heteroatoms. The number of amides is 2. The molecule has 1 saturated heterocycles. The van der Waals surface area contributed by atoms with E-state index in [2.05, 4.69) is 15.8 Å². The summed E-state index contributed by atoms with van der Waals surface area (Å²) in [6, 6.07) is 2.94.